The number of rotatable bonds is 4. The normalized spacial score (nSPS) is 28.1. The first-order chi connectivity index (χ1) is 10.2. The molecule has 1 fully saturated rings. The number of likely N-dealkylation sites (tertiary alicyclic amines) is 1. The van der Waals surface area contributed by atoms with E-state index in [-0.39, 0.29) is 0 Å². The summed E-state index contributed by atoms with van der Waals surface area (Å²) in [6.45, 7) is 8.52. The molecule has 3 rings (SSSR count). The van der Waals surface area contributed by atoms with Crippen molar-refractivity contribution in [2.75, 3.05) is 19.6 Å². The first kappa shape index (κ1) is 15.1. The lowest BCUT2D eigenvalue weighted by atomic mass is 9.81. The summed E-state index contributed by atoms with van der Waals surface area (Å²) in [6.07, 6.45) is 6.78. The molecule has 1 N–H and O–H groups in total. The maximum atomic E-state index is 3.90. The van der Waals surface area contributed by atoms with Crippen molar-refractivity contribution >= 4 is 0 Å². The summed E-state index contributed by atoms with van der Waals surface area (Å²) >= 11 is 0. The van der Waals surface area contributed by atoms with E-state index in [2.05, 4.69) is 48.3 Å². The molecule has 1 aromatic carbocycles. The van der Waals surface area contributed by atoms with E-state index >= 15 is 0 Å². The molecule has 1 aliphatic carbocycles. The summed E-state index contributed by atoms with van der Waals surface area (Å²) in [7, 11) is 0. The van der Waals surface area contributed by atoms with Gasteiger partial charge < -0.3 is 10.2 Å². The van der Waals surface area contributed by atoms with Gasteiger partial charge in [0.15, 0.2) is 0 Å². The molecule has 116 valence electrons. The molecule has 0 amide bonds. The summed E-state index contributed by atoms with van der Waals surface area (Å²) in [5.41, 5.74) is 3.10. The van der Waals surface area contributed by atoms with Crippen molar-refractivity contribution in [1.29, 1.82) is 0 Å². The second-order valence-electron chi connectivity index (χ2n) is 7.09. The van der Waals surface area contributed by atoms with Crippen LogP contribution in [-0.4, -0.2) is 30.6 Å². The van der Waals surface area contributed by atoms with E-state index in [9.17, 15) is 0 Å². The largest absolute Gasteiger partial charge is 0.306 e. The van der Waals surface area contributed by atoms with Gasteiger partial charge in [0.2, 0.25) is 0 Å². The molecule has 0 bridgehead atoms. The molecule has 1 aliphatic heterocycles. The lowest BCUT2D eigenvalue weighted by Gasteiger charge is -2.35. The highest BCUT2D eigenvalue weighted by atomic mass is 15.2. The van der Waals surface area contributed by atoms with Crippen molar-refractivity contribution in [2.24, 2.45) is 0 Å². The van der Waals surface area contributed by atoms with Crippen LogP contribution in [0.5, 0.6) is 0 Å². The van der Waals surface area contributed by atoms with E-state index in [1.165, 1.54) is 51.7 Å². The van der Waals surface area contributed by atoms with E-state index < -0.39 is 0 Å². The monoisotopic (exact) mass is 286 g/mol. The number of benzene rings is 1. The Hall–Kier alpha value is -0.860. The number of nitrogens with zero attached hydrogens (tertiary/aromatic N) is 1. The molecule has 0 radical (unpaired) electrons. The highest BCUT2D eigenvalue weighted by Crippen LogP contribution is 2.37. The van der Waals surface area contributed by atoms with Crippen LogP contribution in [0.15, 0.2) is 24.3 Å². The second kappa shape index (κ2) is 6.93. The Morgan fingerprint density at radius 3 is 2.57 bits per heavy atom. The van der Waals surface area contributed by atoms with E-state index in [0.29, 0.717) is 12.1 Å². The Kier molecular flexibility index (Phi) is 4.97. The van der Waals surface area contributed by atoms with Crippen molar-refractivity contribution in [3.05, 3.63) is 35.4 Å². The maximum absolute atomic E-state index is 3.90. The van der Waals surface area contributed by atoms with Crippen molar-refractivity contribution in [1.82, 2.24) is 10.2 Å². The Labute approximate surface area is 129 Å². The topological polar surface area (TPSA) is 15.3 Å². The lowest BCUT2D eigenvalue weighted by Crippen LogP contribution is -2.43. The summed E-state index contributed by atoms with van der Waals surface area (Å²) in [5.74, 6) is 0.719. The van der Waals surface area contributed by atoms with Crippen molar-refractivity contribution in [3.8, 4) is 0 Å². The second-order valence-corrected chi connectivity index (χ2v) is 7.09. The molecule has 2 aliphatic rings. The SMILES string of the molecule is CC(CN1CCCCC1)NC1CCC(C)c2ccccc21. The van der Waals surface area contributed by atoms with Gasteiger partial charge >= 0.3 is 0 Å². The van der Waals surface area contributed by atoms with Crippen molar-refractivity contribution < 1.29 is 0 Å². The Bertz CT molecular complexity index is 451. The van der Waals surface area contributed by atoms with E-state index in [1.807, 2.05) is 0 Å². The molecule has 1 saturated heterocycles. The number of hydrogen-bond acceptors (Lipinski definition) is 2. The smallest absolute Gasteiger partial charge is 0.0326 e. The molecule has 2 nitrogen and oxygen atoms in total. The van der Waals surface area contributed by atoms with Gasteiger partial charge in [-0.25, -0.2) is 0 Å². The minimum absolute atomic E-state index is 0.553. The Morgan fingerprint density at radius 1 is 1.10 bits per heavy atom. The Morgan fingerprint density at radius 2 is 1.81 bits per heavy atom. The predicted molar refractivity (Wildman–Crippen MR) is 89.7 cm³/mol. The van der Waals surface area contributed by atoms with Crippen LogP contribution in [0.4, 0.5) is 0 Å². The fraction of sp³-hybridized carbons (Fsp3) is 0.684. The number of fused-ring (bicyclic) bond motifs is 1. The van der Waals surface area contributed by atoms with Crippen LogP contribution in [0.25, 0.3) is 0 Å². The van der Waals surface area contributed by atoms with Gasteiger partial charge in [-0.2, -0.15) is 0 Å². The molecule has 1 heterocycles. The van der Waals surface area contributed by atoms with Crippen LogP contribution < -0.4 is 5.32 Å². The maximum Gasteiger partial charge on any atom is 0.0326 e. The fourth-order valence-corrected chi connectivity index (χ4v) is 4.10. The standard InChI is InChI=1S/C19H30N2/c1-15-10-11-19(18-9-5-4-8-17(15)18)20-16(2)14-21-12-6-3-7-13-21/h4-5,8-9,15-16,19-20H,3,6-7,10-14H2,1-2H3. The van der Waals surface area contributed by atoms with Gasteiger partial charge in [-0.3, -0.25) is 0 Å². The minimum atomic E-state index is 0.553. The van der Waals surface area contributed by atoms with Gasteiger partial charge in [-0.05, 0) is 62.7 Å². The van der Waals surface area contributed by atoms with Crippen LogP contribution in [0.2, 0.25) is 0 Å². The number of hydrogen-bond donors (Lipinski definition) is 1. The molecular formula is C19H30N2. The highest BCUT2D eigenvalue weighted by Gasteiger charge is 2.25. The molecule has 0 aromatic heterocycles. The first-order valence-corrected chi connectivity index (χ1v) is 8.81. The van der Waals surface area contributed by atoms with E-state index in [0.717, 1.165) is 5.92 Å². The van der Waals surface area contributed by atoms with Crippen molar-refractivity contribution in [2.45, 2.75) is 64.0 Å². The fourth-order valence-electron chi connectivity index (χ4n) is 4.10. The van der Waals surface area contributed by atoms with Crippen LogP contribution in [0.1, 0.15) is 69.0 Å². The molecule has 0 saturated carbocycles. The van der Waals surface area contributed by atoms with E-state index in [1.54, 1.807) is 11.1 Å². The third-order valence-corrected chi connectivity index (χ3v) is 5.26. The molecule has 3 unspecified atom stereocenters. The number of nitrogens with one attached hydrogen (secondary N) is 1. The molecule has 1 aromatic rings. The van der Waals surface area contributed by atoms with E-state index in [4.69, 9.17) is 0 Å². The van der Waals surface area contributed by atoms with Crippen LogP contribution in [0, 0.1) is 0 Å². The van der Waals surface area contributed by atoms with Crippen LogP contribution in [0.3, 0.4) is 0 Å². The van der Waals surface area contributed by atoms with Gasteiger partial charge in [-0.15, -0.1) is 0 Å². The molecule has 21 heavy (non-hydrogen) atoms. The predicted octanol–water partition coefficient (Wildman–Crippen LogP) is 4.09. The molecule has 3 atom stereocenters. The van der Waals surface area contributed by atoms with Gasteiger partial charge in [0, 0.05) is 18.6 Å². The average molecular weight is 286 g/mol. The minimum Gasteiger partial charge on any atom is -0.306 e. The molecule has 0 spiro atoms. The quantitative estimate of drug-likeness (QED) is 0.897. The molecule has 2 heteroatoms. The lowest BCUT2D eigenvalue weighted by molar-refractivity contribution is 0.202. The van der Waals surface area contributed by atoms with Gasteiger partial charge in [0.05, 0.1) is 0 Å². The van der Waals surface area contributed by atoms with Crippen molar-refractivity contribution in [3.63, 3.8) is 0 Å². The summed E-state index contributed by atoms with van der Waals surface area (Å²) < 4.78 is 0. The first-order valence-electron chi connectivity index (χ1n) is 8.81. The van der Waals surface area contributed by atoms with Gasteiger partial charge in [-0.1, -0.05) is 37.6 Å². The molecular weight excluding hydrogens is 256 g/mol. The summed E-state index contributed by atoms with van der Waals surface area (Å²) in [4.78, 5) is 2.64. The van der Waals surface area contributed by atoms with Crippen LogP contribution in [-0.2, 0) is 0 Å². The highest BCUT2D eigenvalue weighted by molar-refractivity contribution is 5.35. The summed E-state index contributed by atoms with van der Waals surface area (Å²) in [6, 6.07) is 10.2. The Balaban J connectivity index is 1.61. The third kappa shape index (κ3) is 3.67. The third-order valence-electron chi connectivity index (χ3n) is 5.26. The van der Waals surface area contributed by atoms with Crippen LogP contribution >= 0.6 is 0 Å². The van der Waals surface area contributed by atoms with Gasteiger partial charge in [0.1, 0.15) is 0 Å². The average Bonchev–Trinajstić information content (AvgIpc) is 2.51. The summed E-state index contributed by atoms with van der Waals surface area (Å²) in [5, 5.41) is 3.90. The van der Waals surface area contributed by atoms with Gasteiger partial charge in [0.25, 0.3) is 0 Å². The number of piperidine rings is 1. The zero-order valence-corrected chi connectivity index (χ0v) is 13.6. The zero-order chi connectivity index (χ0) is 14.7. The zero-order valence-electron chi connectivity index (χ0n) is 13.6.